The Morgan fingerprint density at radius 3 is 2.88 bits per heavy atom. The molecule has 0 bridgehead atoms. The number of rotatable bonds is 5. The third-order valence-corrected chi connectivity index (χ3v) is 4.16. The van der Waals surface area contributed by atoms with E-state index < -0.39 is 11.8 Å². The topological polar surface area (TPSA) is 64.4 Å². The molecule has 0 N–H and O–H groups in total. The summed E-state index contributed by atoms with van der Waals surface area (Å²) in [6, 6.07) is 5.64. The van der Waals surface area contributed by atoms with Gasteiger partial charge in [-0.25, -0.2) is 4.39 Å². The van der Waals surface area contributed by atoms with Gasteiger partial charge in [0.1, 0.15) is 12.4 Å². The second kappa shape index (κ2) is 6.43. The van der Waals surface area contributed by atoms with Crippen LogP contribution < -0.4 is 4.90 Å². The minimum absolute atomic E-state index is 0.0832. The summed E-state index contributed by atoms with van der Waals surface area (Å²) in [4.78, 5) is 25.8. The zero-order valence-electron chi connectivity index (χ0n) is 13.5. The van der Waals surface area contributed by atoms with Crippen molar-refractivity contribution in [1.82, 2.24) is 9.78 Å². The molecule has 1 aromatic heterocycles. The molecule has 3 rings (SSSR count). The van der Waals surface area contributed by atoms with Crippen LogP contribution in [0.25, 0.3) is 0 Å². The highest BCUT2D eigenvalue weighted by Crippen LogP contribution is 2.48. The predicted molar refractivity (Wildman–Crippen MR) is 84.8 cm³/mol. The molecule has 1 fully saturated rings. The number of anilines is 1. The molecule has 24 heavy (non-hydrogen) atoms. The molecule has 2 unspecified atom stereocenters. The van der Waals surface area contributed by atoms with E-state index in [0.717, 1.165) is 5.56 Å². The van der Waals surface area contributed by atoms with Crippen LogP contribution in [0.4, 0.5) is 10.1 Å². The van der Waals surface area contributed by atoms with Gasteiger partial charge in [0.2, 0.25) is 5.91 Å². The van der Waals surface area contributed by atoms with E-state index in [1.54, 1.807) is 16.9 Å². The Morgan fingerprint density at radius 1 is 1.46 bits per heavy atom. The molecule has 7 heteroatoms. The smallest absolute Gasteiger partial charge is 0.325 e. The van der Waals surface area contributed by atoms with Crippen molar-refractivity contribution >= 4 is 17.6 Å². The Kier molecular flexibility index (Phi) is 4.33. The average molecular weight is 331 g/mol. The fourth-order valence-electron chi connectivity index (χ4n) is 2.80. The third-order valence-electron chi connectivity index (χ3n) is 4.16. The van der Waals surface area contributed by atoms with E-state index in [-0.39, 0.29) is 24.3 Å². The largest absolute Gasteiger partial charge is 0.468 e. The van der Waals surface area contributed by atoms with Crippen LogP contribution in [0.1, 0.15) is 17.9 Å². The van der Waals surface area contributed by atoms with Crippen LogP contribution in [0, 0.1) is 11.7 Å². The zero-order chi connectivity index (χ0) is 17.3. The van der Waals surface area contributed by atoms with Crippen LogP contribution in [0.5, 0.6) is 0 Å². The van der Waals surface area contributed by atoms with Gasteiger partial charge in [-0.3, -0.25) is 14.3 Å². The highest BCUT2D eigenvalue weighted by molar-refractivity contribution is 6.00. The number of halogens is 1. The molecule has 1 heterocycles. The highest BCUT2D eigenvalue weighted by atomic mass is 19.1. The van der Waals surface area contributed by atoms with Crippen LogP contribution in [0.3, 0.4) is 0 Å². The summed E-state index contributed by atoms with van der Waals surface area (Å²) in [6.07, 6.45) is 4.31. The first-order chi connectivity index (χ1) is 11.5. The Labute approximate surface area is 138 Å². The van der Waals surface area contributed by atoms with Gasteiger partial charge in [0.05, 0.1) is 13.3 Å². The Balaban J connectivity index is 1.80. The molecule has 2 atom stereocenters. The zero-order valence-corrected chi connectivity index (χ0v) is 13.5. The lowest BCUT2D eigenvalue weighted by molar-refractivity contribution is -0.140. The molecule has 0 spiro atoms. The number of esters is 1. The predicted octanol–water partition coefficient (Wildman–Crippen LogP) is 1.87. The van der Waals surface area contributed by atoms with E-state index in [9.17, 15) is 14.0 Å². The van der Waals surface area contributed by atoms with E-state index in [2.05, 4.69) is 9.84 Å². The van der Waals surface area contributed by atoms with Gasteiger partial charge in [0, 0.05) is 24.8 Å². The first kappa shape index (κ1) is 16.2. The number of aryl methyl sites for hydroxylation is 1. The second-order valence-electron chi connectivity index (χ2n) is 5.88. The minimum atomic E-state index is -0.550. The standard InChI is InChI=1S/C17H18FN3O3/c1-20-9-11(8-19-20)14-7-15(14)17(23)21(10-16(22)24-2)13-5-3-4-12(18)6-13/h3-6,8-9,14-15H,7,10H2,1-2H3. The minimum Gasteiger partial charge on any atom is -0.468 e. The van der Waals surface area contributed by atoms with Crippen molar-refractivity contribution in [1.29, 1.82) is 0 Å². The first-order valence-electron chi connectivity index (χ1n) is 7.62. The normalized spacial score (nSPS) is 19.0. The fourth-order valence-corrected chi connectivity index (χ4v) is 2.80. The molecule has 0 radical (unpaired) electrons. The third kappa shape index (κ3) is 3.29. The molecule has 126 valence electrons. The van der Waals surface area contributed by atoms with Crippen molar-refractivity contribution < 1.29 is 18.7 Å². The average Bonchev–Trinajstić information content (AvgIpc) is 3.26. The number of carbonyl (C=O) groups is 2. The number of hydrogen-bond donors (Lipinski definition) is 0. The SMILES string of the molecule is COC(=O)CN(C(=O)C1CC1c1cnn(C)c1)c1cccc(F)c1. The van der Waals surface area contributed by atoms with E-state index in [4.69, 9.17) is 0 Å². The van der Waals surface area contributed by atoms with E-state index in [1.807, 2.05) is 13.2 Å². The van der Waals surface area contributed by atoms with E-state index >= 15 is 0 Å². The van der Waals surface area contributed by atoms with Gasteiger partial charge in [-0.1, -0.05) is 6.07 Å². The van der Waals surface area contributed by atoms with E-state index in [1.165, 1.54) is 30.2 Å². The Bertz CT molecular complexity index is 774. The molecule has 0 saturated heterocycles. The number of methoxy groups -OCH3 is 1. The monoisotopic (exact) mass is 331 g/mol. The number of aromatic nitrogens is 2. The highest BCUT2D eigenvalue weighted by Gasteiger charge is 2.47. The van der Waals surface area contributed by atoms with Gasteiger partial charge in [-0.2, -0.15) is 5.10 Å². The number of benzene rings is 1. The van der Waals surface area contributed by atoms with Gasteiger partial charge in [-0.15, -0.1) is 0 Å². The maximum atomic E-state index is 13.5. The molecule has 6 nitrogen and oxygen atoms in total. The second-order valence-corrected chi connectivity index (χ2v) is 5.88. The van der Waals surface area contributed by atoms with Crippen LogP contribution in [-0.4, -0.2) is 35.3 Å². The van der Waals surface area contributed by atoms with Gasteiger partial charge < -0.3 is 9.64 Å². The van der Waals surface area contributed by atoms with Crippen molar-refractivity contribution in [2.45, 2.75) is 12.3 Å². The molecule has 2 aromatic rings. The van der Waals surface area contributed by atoms with Crippen LogP contribution in [-0.2, 0) is 21.4 Å². The summed E-state index contributed by atoms with van der Waals surface area (Å²) in [5, 5.41) is 4.12. The van der Waals surface area contributed by atoms with Gasteiger partial charge >= 0.3 is 5.97 Å². The maximum absolute atomic E-state index is 13.5. The first-order valence-corrected chi connectivity index (χ1v) is 7.62. The number of hydrogen-bond acceptors (Lipinski definition) is 4. The lowest BCUT2D eigenvalue weighted by Crippen LogP contribution is -2.37. The van der Waals surface area contributed by atoms with Crippen molar-refractivity contribution in [2.75, 3.05) is 18.6 Å². The molecule has 1 saturated carbocycles. The lowest BCUT2D eigenvalue weighted by Gasteiger charge is -2.22. The Hall–Kier alpha value is -2.70. The number of amides is 1. The number of carbonyl (C=O) groups excluding carboxylic acids is 2. The number of nitrogens with zero attached hydrogens (tertiary/aromatic N) is 3. The molecule has 1 aliphatic carbocycles. The summed E-state index contributed by atoms with van der Waals surface area (Å²) in [5.41, 5.74) is 1.34. The van der Waals surface area contributed by atoms with Crippen LogP contribution in [0.15, 0.2) is 36.7 Å². The summed E-state index contributed by atoms with van der Waals surface area (Å²) in [5.74, 6) is -1.37. The van der Waals surface area contributed by atoms with Crippen molar-refractivity contribution in [3.63, 3.8) is 0 Å². The van der Waals surface area contributed by atoms with Gasteiger partial charge in [0.25, 0.3) is 0 Å². The quantitative estimate of drug-likeness (QED) is 0.785. The van der Waals surface area contributed by atoms with Crippen molar-refractivity contribution in [3.05, 3.63) is 48.0 Å². The molecule has 0 aliphatic heterocycles. The molecular weight excluding hydrogens is 313 g/mol. The van der Waals surface area contributed by atoms with Crippen molar-refractivity contribution in [2.24, 2.45) is 13.0 Å². The van der Waals surface area contributed by atoms with Gasteiger partial charge in [-0.05, 0) is 36.1 Å². The molecular formula is C17H18FN3O3. The van der Waals surface area contributed by atoms with Crippen molar-refractivity contribution in [3.8, 4) is 0 Å². The summed E-state index contributed by atoms with van der Waals surface area (Å²) >= 11 is 0. The molecule has 1 aliphatic rings. The van der Waals surface area contributed by atoms with Crippen LogP contribution >= 0.6 is 0 Å². The molecule has 1 amide bonds. The summed E-state index contributed by atoms with van der Waals surface area (Å²) in [6.45, 7) is -0.241. The maximum Gasteiger partial charge on any atom is 0.325 e. The molecule has 1 aromatic carbocycles. The van der Waals surface area contributed by atoms with Crippen LogP contribution in [0.2, 0.25) is 0 Å². The number of ether oxygens (including phenoxy) is 1. The summed E-state index contributed by atoms with van der Waals surface area (Å²) in [7, 11) is 3.07. The summed E-state index contributed by atoms with van der Waals surface area (Å²) < 4.78 is 19.9. The fraction of sp³-hybridized carbons (Fsp3) is 0.353. The lowest BCUT2D eigenvalue weighted by atomic mass is 10.1. The Morgan fingerprint density at radius 2 is 2.25 bits per heavy atom. The van der Waals surface area contributed by atoms with E-state index in [0.29, 0.717) is 12.1 Å². The van der Waals surface area contributed by atoms with Gasteiger partial charge in [0.15, 0.2) is 0 Å².